The summed E-state index contributed by atoms with van der Waals surface area (Å²) in [5, 5.41) is 3.58. The summed E-state index contributed by atoms with van der Waals surface area (Å²) in [4.78, 5) is 1.44. The third kappa shape index (κ3) is 1.83. The van der Waals surface area contributed by atoms with E-state index in [1.165, 1.54) is 10.4 Å². The van der Waals surface area contributed by atoms with E-state index in [9.17, 15) is 0 Å². The van der Waals surface area contributed by atoms with Crippen molar-refractivity contribution in [2.24, 2.45) is 5.41 Å². The van der Waals surface area contributed by atoms with E-state index in [1.807, 2.05) is 0 Å². The first-order valence-corrected chi connectivity index (χ1v) is 6.19. The van der Waals surface area contributed by atoms with Gasteiger partial charge in [0.25, 0.3) is 0 Å². The van der Waals surface area contributed by atoms with Crippen LogP contribution in [0.4, 0.5) is 0 Å². The van der Waals surface area contributed by atoms with Crippen molar-refractivity contribution >= 4 is 22.9 Å². The maximum Gasteiger partial charge on any atom is 0.0934 e. The molecule has 2 heterocycles. The first-order valence-electron chi connectivity index (χ1n) is 5.00. The molecule has 0 saturated heterocycles. The van der Waals surface area contributed by atoms with Crippen LogP contribution in [-0.2, 0) is 6.42 Å². The second-order valence-corrected chi connectivity index (χ2v) is 6.66. The van der Waals surface area contributed by atoms with Gasteiger partial charge >= 0.3 is 0 Å². The van der Waals surface area contributed by atoms with Gasteiger partial charge in [-0.1, -0.05) is 32.4 Å². The Morgan fingerprint density at radius 3 is 2.86 bits per heavy atom. The molecular weight excluding hydrogens is 214 g/mol. The molecule has 1 N–H and O–H groups in total. The van der Waals surface area contributed by atoms with Crippen LogP contribution >= 0.6 is 22.9 Å². The van der Waals surface area contributed by atoms with Crippen molar-refractivity contribution in [1.29, 1.82) is 0 Å². The van der Waals surface area contributed by atoms with E-state index in [-0.39, 0.29) is 5.41 Å². The van der Waals surface area contributed by atoms with Gasteiger partial charge in [-0.15, -0.1) is 11.3 Å². The molecular formula is C11H16ClNS. The second kappa shape index (κ2) is 3.51. The number of thiophene rings is 1. The van der Waals surface area contributed by atoms with Crippen molar-refractivity contribution in [3.63, 3.8) is 0 Å². The minimum absolute atomic E-state index is 0.267. The molecule has 78 valence electrons. The van der Waals surface area contributed by atoms with E-state index in [0.29, 0.717) is 6.04 Å². The molecule has 1 aromatic rings. The highest BCUT2D eigenvalue weighted by Crippen LogP contribution is 2.42. The van der Waals surface area contributed by atoms with E-state index in [1.54, 1.807) is 11.3 Å². The van der Waals surface area contributed by atoms with Crippen molar-refractivity contribution in [3.8, 4) is 0 Å². The molecule has 3 heteroatoms. The van der Waals surface area contributed by atoms with Gasteiger partial charge in [0.15, 0.2) is 0 Å². The molecule has 1 unspecified atom stereocenters. The third-order valence-corrected chi connectivity index (χ3v) is 4.05. The Hall–Kier alpha value is -0.0500. The van der Waals surface area contributed by atoms with Gasteiger partial charge < -0.3 is 5.32 Å². The fourth-order valence-electron chi connectivity index (χ4n) is 1.99. The summed E-state index contributed by atoms with van der Waals surface area (Å²) in [5.74, 6) is 0. The van der Waals surface area contributed by atoms with Crippen LogP contribution in [0.25, 0.3) is 0 Å². The highest BCUT2D eigenvalue weighted by Gasteiger charge is 2.31. The average molecular weight is 230 g/mol. The Morgan fingerprint density at radius 1 is 1.50 bits per heavy atom. The molecule has 0 fully saturated rings. The van der Waals surface area contributed by atoms with Gasteiger partial charge in [-0.25, -0.2) is 0 Å². The van der Waals surface area contributed by atoms with Gasteiger partial charge in [0.05, 0.1) is 4.34 Å². The minimum Gasteiger partial charge on any atom is -0.308 e. The summed E-state index contributed by atoms with van der Waals surface area (Å²) in [6.07, 6.45) is 1.12. The molecule has 0 radical (unpaired) electrons. The lowest BCUT2D eigenvalue weighted by Crippen LogP contribution is -2.36. The normalized spacial score (nSPS) is 22.1. The summed E-state index contributed by atoms with van der Waals surface area (Å²) in [5.41, 5.74) is 1.71. The maximum atomic E-state index is 6.06. The first-order chi connectivity index (χ1) is 6.48. The maximum absolute atomic E-state index is 6.06. The van der Waals surface area contributed by atoms with Gasteiger partial charge in [-0.2, -0.15) is 0 Å². The van der Waals surface area contributed by atoms with Crippen LogP contribution in [0.1, 0.15) is 37.3 Å². The molecule has 0 aliphatic carbocycles. The zero-order valence-corrected chi connectivity index (χ0v) is 10.4. The molecule has 1 aromatic heterocycles. The number of nitrogens with one attached hydrogen (secondary N) is 1. The molecule has 0 amide bonds. The van der Waals surface area contributed by atoms with Crippen LogP contribution in [-0.4, -0.2) is 6.54 Å². The van der Waals surface area contributed by atoms with Crippen molar-refractivity contribution < 1.29 is 0 Å². The van der Waals surface area contributed by atoms with Crippen molar-refractivity contribution in [2.45, 2.75) is 33.2 Å². The van der Waals surface area contributed by atoms with Gasteiger partial charge in [-0.3, -0.25) is 0 Å². The highest BCUT2D eigenvalue weighted by atomic mass is 35.5. The Bertz CT molecular complexity index is 338. The van der Waals surface area contributed by atoms with Crippen LogP contribution < -0.4 is 5.32 Å². The number of rotatable bonds is 0. The minimum atomic E-state index is 0.267. The largest absolute Gasteiger partial charge is 0.308 e. The van der Waals surface area contributed by atoms with Crippen LogP contribution in [0, 0.1) is 5.41 Å². The summed E-state index contributed by atoms with van der Waals surface area (Å²) < 4.78 is 0.924. The van der Waals surface area contributed by atoms with Gasteiger partial charge in [0.1, 0.15) is 0 Å². The van der Waals surface area contributed by atoms with Crippen LogP contribution in [0.5, 0.6) is 0 Å². The van der Waals surface area contributed by atoms with Crippen molar-refractivity contribution in [3.05, 3.63) is 20.8 Å². The smallest absolute Gasteiger partial charge is 0.0934 e. The summed E-state index contributed by atoms with van der Waals surface area (Å²) >= 11 is 7.79. The van der Waals surface area contributed by atoms with Crippen LogP contribution in [0.15, 0.2) is 6.07 Å². The molecule has 1 nitrogen and oxygen atoms in total. The monoisotopic (exact) mass is 229 g/mol. The molecule has 0 bridgehead atoms. The third-order valence-electron chi connectivity index (χ3n) is 2.68. The van der Waals surface area contributed by atoms with Crippen molar-refractivity contribution in [1.82, 2.24) is 5.32 Å². The molecule has 0 spiro atoms. The summed E-state index contributed by atoms with van der Waals surface area (Å²) in [6, 6.07) is 2.59. The Labute approximate surface area is 94.5 Å². The average Bonchev–Trinajstić information content (AvgIpc) is 2.41. The van der Waals surface area contributed by atoms with E-state index in [2.05, 4.69) is 32.2 Å². The Morgan fingerprint density at radius 2 is 2.21 bits per heavy atom. The lowest BCUT2D eigenvalue weighted by atomic mass is 9.83. The predicted molar refractivity (Wildman–Crippen MR) is 63.2 cm³/mol. The SMILES string of the molecule is CC(C)(C)C1NCCc2cc(Cl)sc21. The number of hydrogen-bond donors (Lipinski definition) is 1. The fraction of sp³-hybridized carbons (Fsp3) is 0.636. The topological polar surface area (TPSA) is 12.0 Å². The van der Waals surface area contributed by atoms with E-state index < -0.39 is 0 Å². The predicted octanol–water partition coefficient (Wildman–Crippen LogP) is 3.63. The fourth-order valence-corrected chi connectivity index (χ4v) is 3.63. The molecule has 14 heavy (non-hydrogen) atoms. The van der Waals surface area contributed by atoms with Crippen LogP contribution in [0.3, 0.4) is 0 Å². The van der Waals surface area contributed by atoms with E-state index >= 15 is 0 Å². The van der Waals surface area contributed by atoms with E-state index in [0.717, 1.165) is 17.3 Å². The quantitative estimate of drug-likeness (QED) is 0.717. The number of halogens is 1. The molecule has 1 aliphatic rings. The lowest BCUT2D eigenvalue weighted by molar-refractivity contribution is 0.268. The van der Waals surface area contributed by atoms with Gasteiger partial charge in [-0.05, 0) is 30.0 Å². The standard InChI is InChI=1S/C11H16ClNS/c1-11(2,3)10-9-7(4-5-13-10)6-8(12)14-9/h6,10,13H,4-5H2,1-3H3. The zero-order valence-electron chi connectivity index (χ0n) is 8.86. The summed E-state index contributed by atoms with van der Waals surface area (Å²) in [7, 11) is 0. The molecule has 0 saturated carbocycles. The van der Waals surface area contributed by atoms with E-state index in [4.69, 9.17) is 11.6 Å². The molecule has 1 atom stereocenters. The first kappa shape index (κ1) is 10.5. The second-order valence-electron chi connectivity index (χ2n) is 4.94. The molecule has 0 aromatic carbocycles. The molecule has 2 rings (SSSR count). The number of fused-ring (bicyclic) bond motifs is 1. The Kier molecular flexibility index (Phi) is 2.63. The van der Waals surface area contributed by atoms with Gasteiger partial charge in [0.2, 0.25) is 0 Å². The summed E-state index contributed by atoms with van der Waals surface area (Å²) in [6.45, 7) is 7.89. The zero-order chi connectivity index (χ0) is 10.3. The number of hydrogen-bond acceptors (Lipinski definition) is 2. The van der Waals surface area contributed by atoms with Crippen molar-refractivity contribution in [2.75, 3.05) is 6.54 Å². The van der Waals surface area contributed by atoms with Gasteiger partial charge in [0, 0.05) is 10.9 Å². The highest BCUT2D eigenvalue weighted by molar-refractivity contribution is 7.16. The molecule has 1 aliphatic heterocycles. The Balaban J connectivity index is 2.40. The van der Waals surface area contributed by atoms with Crippen LogP contribution in [0.2, 0.25) is 4.34 Å². The lowest BCUT2D eigenvalue weighted by Gasteiger charge is -2.34.